The van der Waals surface area contributed by atoms with Crippen LogP contribution in [0.5, 0.6) is 0 Å². The minimum atomic E-state index is -0.868. The highest BCUT2D eigenvalue weighted by Gasteiger charge is 2.31. The largest absolute Gasteiger partial charge is 0.466 e. The van der Waals surface area contributed by atoms with Crippen LogP contribution >= 0.6 is 0 Å². The zero-order valence-corrected chi connectivity index (χ0v) is 19.6. The molecule has 182 valence electrons. The van der Waals surface area contributed by atoms with Gasteiger partial charge in [0.1, 0.15) is 6.04 Å². The van der Waals surface area contributed by atoms with Gasteiger partial charge in [0, 0.05) is 26.6 Å². The number of benzene rings is 1. The molecule has 2 aromatic rings. The summed E-state index contributed by atoms with van der Waals surface area (Å²) in [6, 6.07) is 11.6. The Morgan fingerprint density at radius 1 is 1.12 bits per heavy atom. The van der Waals surface area contributed by atoms with E-state index in [1.165, 1.54) is 17.2 Å². The number of nitrogens with zero attached hydrogens (tertiary/aromatic N) is 2. The number of ether oxygens (including phenoxy) is 1. The Morgan fingerprint density at radius 2 is 1.82 bits per heavy atom. The molecule has 0 saturated carbocycles. The zero-order chi connectivity index (χ0) is 24.5. The highest BCUT2D eigenvalue weighted by Crippen LogP contribution is 2.19. The number of furan rings is 1. The maximum atomic E-state index is 13.2. The van der Waals surface area contributed by atoms with Crippen LogP contribution < -0.4 is 5.32 Å². The quantitative estimate of drug-likeness (QED) is 0.562. The number of esters is 1. The maximum absolute atomic E-state index is 13.2. The van der Waals surface area contributed by atoms with Gasteiger partial charge in [-0.05, 0) is 37.5 Å². The highest BCUT2D eigenvalue weighted by atomic mass is 16.5. The van der Waals surface area contributed by atoms with Crippen LogP contribution in [0.4, 0.5) is 0 Å². The molecule has 1 aliphatic heterocycles. The first-order valence-electron chi connectivity index (χ1n) is 11.5. The van der Waals surface area contributed by atoms with Gasteiger partial charge in [0.2, 0.25) is 11.8 Å². The maximum Gasteiger partial charge on any atom is 0.309 e. The molecular formula is C25H31N3O6. The number of likely N-dealkylation sites (tertiary alicyclic amines) is 1. The fraction of sp³-hybridized carbons (Fsp3) is 0.440. The Morgan fingerprint density at radius 3 is 2.44 bits per heavy atom. The number of hydrogen-bond acceptors (Lipinski definition) is 6. The van der Waals surface area contributed by atoms with Crippen LogP contribution in [0.2, 0.25) is 0 Å². The summed E-state index contributed by atoms with van der Waals surface area (Å²) in [5, 5.41) is 2.73. The Labute approximate surface area is 199 Å². The fourth-order valence-corrected chi connectivity index (χ4v) is 3.96. The van der Waals surface area contributed by atoms with Gasteiger partial charge in [-0.1, -0.05) is 30.3 Å². The van der Waals surface area contributed by atoms with E-state index < -0.39 is 11.9 Å². The lowest BCUT2D eigenvalue weighted by Gasteiger charge is -2.32. The van der Waals surface area contributed by atoms with Crippen LogP contribution in [0.15, 0.2) is 53.1 Å². The van der Waals surface area contributed by atoms with Crippen molar-refractivity contribution in [3.05, 3.63) is 60.1 Å². The van der Waals surface area contributed by atoms with Gasteiger partial charge in [0.05, 0.1) is 25.3 Å². The molecule has 0 radical (unpaired) electrons. The van der Waals surface area contributed by atoms with Crippen LogP contribution in [0, 0.1) is 5.92 Å². The van der Waals surface area contributed by atoms with Crippen LogP contribution in [0.25, 0.3) is 0 Å². The lowest BCUT2D eigenvalue weighted by Crippen LogP contribution is -2.51. The number of likely N-dealkylation sites (N-methyl/N-ethyl adjacent to an activating group) is 1. The summed E-state index contributed by atoms with van der Waals surface area (Å²) in [5.74, 6) is -1.39. The second-order valence-corrected chi connectivity index (χ2v) is 8.29. The van der Waals surface area contributed by atoms with Crippen LogP contribution in [-0.2, 0) is 25.5 Å². The summed E-state index contributed by atoms with van der Waals surface area (Å²) in [4.78, 5) is 53.5. The zero-order valence-electron chi connectivity index (χ0n) is 19.6. The SMILES string of the molecule is CCOC(=O)C1CCN(C(=O)CN(C)C(=O)C(Cc2ccccc2)NC(=O)c2ccco2)CC1. The lowest BCUT2D eigenvalue weighted by molar-refractivity contribution is -0.151. The molecule has 1 aliphatic rings. The Balaban J connectivity index is 1.60. The summed E-state index contributed by atoms with van der Waals surface area (Å²) in [6.45, 7) is 2.86. The molecule has 1 unspecified atom stereocenters. The van der Waals surface area contributed by atoms with Crippen LogP contribution in [-0.4, -0.2) is 72.8 Å². The van der Waals surface area contributed by atoms with Crippen molar-refractivity contribution in [2.24, 2.45) is 5.92 Å². The van der Waals surface area contributed by atoms with Crippen molar-refractivity contribution in [2.75, 3.05) is 33.3 Å². The summed E-state index contributed by atoms with van der Waals surface area (Å²) in [6.07, 6.45) is 2.74. The number of carbonyl (C=O) groups excluding carboxylic acids is 4. The Kier molecular flexibility index (Phi) is 8.84. The van der Waals surface area contributed by atoms with E-state index in [1.807, 2.05) is 30.3 Å². The molecule has 1 fully saturated rings. The molecule has 34 heavy (non-hydrogen) atoms. The van der Waals surface area contributed by atoms with E-state index in [0.29, 0.717) is 32.5 Å². The van der Waals surface area contributed by atoms with Gasteiger partial charge in [-0.15, -0.1) is 0 Å². The molecule has 3 rings (SSSR count). The topological polar surface area (TPSA) is 109 Å². The van der Waals surface area contributed by atoms with E-state index >= 15 is 0 Å². The normalized spacial score (nSPS) is 14.8. The first kappa shape index (κ1) is 25.0. The first-order valence-corrected chi connectivity index (χ1v) is 11.5. The van der Waals surface area contributed by atoms with E-state index in [2.05, 4.69) is 5.32 Å². The summed E-state index contributed by atoms with van der Waals surface area (Å²) in [7, 11) is 1.54. The summed E-state index contributed by atoms with van der Waals surface area (Å²) in [5.41, 5.74) is 0.876. The van der Waals surface area contributed by atoms with Crippen molar-refractivity contribution in [3.63, 3.8) is 0 Å². The number of piperidine rings is 1. The molecule has 1 aromatic carbocycles. The molecule has 0 spiro atoms. The van der Waals surface area contributed by atoms with Crippen molar-refractivity contribution < 1.29 is 28.3 Å². The van der Waals surface area contributed by atoms with Crippen LogP contribution in [0.1, 0.15) is 35.9 Å². The van der Waals surface area contributed by atoms with Gasteiger partial charge in [0.15, 0.2) is 5.76 Å². The van der Waals surface area contributed by atoms with E-state index in [-0.39, 0.29) is 42.4 Å². The standard InChI is InChI=1S/C25H31N3O6/c1-3-33-25(32)19-11-13-28(14-12-19)22(29)17-27(2)24(31)20(16-18-8-5-4-6-9-18)26-23(30)21-10-7-15-34-21/h4-10,15,19-20H,3,11-14,16-17H2,1-2H3,(H,26,30). The third kappa shape index (κ3) is 6.69. The molecule has 1 N–H and O–H groups in total. The van der Waals surface area contributed by atoms with E-state index in [9.17, 15) is 19.2 Å². The predicted molar refractivity (Wildman–Crippen MR) is 124 cm³/mol. The molecule has 1 aromatic heterocycles. The second kappa shape index (κ2) is 12.0. The molecule has 9 nitrogen and oxygen atoms in total. The predicted octanol–water partition coefficient (Wildman–Crippen LogP) is 1.88. The molecule has 1 atom stereocenters. The minimum absolute atomic E-state index is 0.106. The van der Waals surface area contributed by atoms with E-state index in [0.717, 1.165) is 5.56 Å². The third-order valence-electron chi connectivity index (χ3n) is 5.85. The third-order valence-corrected chi connectivity index (χ3v) is 5.85. The monoisotopic (exact) mass is 469 g/mol. The van der Waals surface area contributed by atoms with Gasteiger partial charge in [-0.25, -0.2) is 0 Å². The Bertz CT molecular complexity index is 968. The van der Waals surface area contributed by atoms with Gasteiger partial charge >= 0.3 is 5.97 Å². The van der Waals surface area contributed by atoms with Crippen molar-refractivity contribution in [2.45, 2.75) is 32.2 Å². The first-order chi connectivity index (χ1) is 16.4. The molecule has 1 saturated heterocycles. The fourth-order valence-electron chi connectivity index (χ4n) is 3.96. The Hall–Kier alpha value is -3.62. The van der Waals surface area contributed by atoms with Crippen molar-refractivity contribution in [1.82, 2.24) is 15.1 Å². The smallest absolute Gasteiger partial charge is 0.309 e. The second-order valence-electron chi connectivity index (χ2n) is 8.29. The summed E-state index contributed by atoms with van der Waals surface area (Å²) >= 11 is 0. The number of nitrogens with one attached hydrogen (secondary N) is 1. The number of hydrogen-bond donors (Lipinski definition) is 1. The number of amides is 3. The minimum Gasteiger partial charge on any atom is -0.466 e. The average Bonchev–Trinajstić information content (AvgIpc) is 3.39. The molecule has 3 amide bonds. The highest BCUT2D eigenvalue weighted by molar-refractivity contribution is 5.96. The number of rotatable bonds is 9. The summed E-state index contributed by atoms with van der Waals surface area (Å²) < 4.78 is 10.2. The molecule has 2 heterocycles. The van der Waals surface area contributed by atoms with Gasteiger partial charge in [0.25, 0.3) is 5.91 Å². The van der Waals surface area contributed by atoms with Gasteiger partial charge in [-0.3, -0.25) is 19.2 Å². The molecular weight excluding hydrogens is 438 g/mol. The van der Waals surface area contributed by atoms with Gasteiger partial charge < -0.3 is 24.3 Å². The molecule has 0 aliphatic carbocycles. The lowest BCUT2D eigenvalue weighted by atomic mass is 9.97. The van der Waals surface area contributed by atoms with E-state index in [4.69, 9.17) is 9.15 Å². The molecule has 0 bridgehead atoms. The van der Waals surface area contributed by atoms with E-state index in [1.54, 1.807) is 24.9 Å². The van der Waals surface area contributed by atoms with Crippen molar-refractivity contribution >= 4 is 23.7 Å². The van der Waals surface area contributed by atoms with Gasteiger partial charge in [-0.2, -0.15) is 0 Å². The van der Waals surface area contributed by atoms with Crippen LogP contribution in [0.3, 0.4) is 0 Å². The number of carbonyl (C=O) groups is 4. The van der Waals surface area contributed by atoms with Crippen molar-refractivity contribution in [3.8, 4) is 0 Å². The molecule has 9 heteroatoms. The van der Waals surface area contributed by atoms with Crippen molar-refractivity contribution in [1.29, 1.82) is 0 Å². The average molecular weight is 470 g/mol.